The maximum absolute atomic E-state index is 13.2. The molecule has 5 N–H and O–H groups in total. The Balaban J connectivity index is 2.23. The lowest BCUT2D eigenvalue weighted by Crippen LogP contribution is -2.38. The van der Waals surface area contributed by atoms with E-state index >= 15 is 0 Å². The van der Waals surface area contributed by atoms with Crippen molar-refractivity contribution in [3.8, 4) is 0 Å². The minimum Gasteiger partial charge on any atom is -0.387 e. The van der Waals surface area contributed by atoms with Crippen LogP contribution in [-0.4, -0.2) is 54.5 Å². The second-order valence-electron chi connectivity index (χ2n) is 4.48. The standard InChI is InChI=1S/C9H12FN2O9P/c10-3-1-12(9(16)11-7(3)15)8-6(14)5(13)4(21-8)2-20-22(17,18)19/h1,4-6,8,13-14H,2H2,(H,11,15,16)(H2,17,18,19)/t4-,5?,6?,8-/m0/s1. The van der Waals surface area contributed by atoms with Crippen molar-refractivity contribution in [3.63, 3.8) is 0 Å². The molecule has 1 saturated heterocycles. The lowest BCUT2D eigenvalue weighted by Gasteiger charge is -2.16. The summed E-state index contributed by atoms with van der Waals surface area (Å²) in [5.41, 5.74) is -2.37. The molecule has 22 heavy (non-hydrogen) atoms. The number of rotatable bonds is 4. The second kappa shape index (κ2) is 6.01. The number of ether oxygens (including phenoxy) is 1. The fourth-order valence-electron chi connectivity index (χ4n) is 1.92. The highest BCUT2D eigenvalue weighted by Crippen LogP contribution is 2.38. The predicted octanol–water partition coefficient (Wildman–Crippen LogP) is -2.60. The molecule has 0 bridgehead atoms. The van der Waals surface area contributed by atoms with Crippen molar-refractivity contribution in [2.75, 3.05) is 6.61 Å². The molecule has 2 rings (SSSR count). The van der Waals surface area contributed by atoms with E-state index in [-0.39, 0.29) is 0 Å². The van der Waals surface area contributed by atoms with Crippen molar-refractivity contribution in [1.82, 2.24) is 9.55 Å². The summed E-state index contributed by atoms with van der Waals surface area (Å²) in [4.78, 5) is 41.3. The van der Waals surface area contributed by atoms with E-state index in [0.717, 1.165) is 0 Å². The average Bonchev–Trinajstić information content (AvgIpc) is 2.68. The van der Waals surface area contributed by atoms with Gasteiger partial charge in [0.1, 0.15) is 18.3 Å². The number of nitrogens with zero attached hydrogens (tertiary/aromatic N) is 1. The molecule has 13 heteroatoms. The van der Waals surface area contributed by atoms with E-state index < -0.39 is 56.0 Å². The first kappa shape index (κ1) is 17.0. The number of aromatic nitrogens is 2. The monoisotopic (exact) mass is 342 g/mol. The average molecular weight is 342 g/mol. The lowest BCUT2D eigenvalue weighted by atomic mass is 10.1. The number of hydrogen-bond acceptors (Lipinski definition) is 7. The van der Waals surface area contributed by atoms with Crippen molar-refractivity contribution in [3.05, 3.63) is 32.9 Å². The Hall–Kier alpha value is -1.40. The third-order valence-corrected chi connectivity index (χ3v) is 3.43. The number of aliphatic hydroxyl groups excluding tert-OH is 2. The van der Waals surface area contributed by atoms with Crippen molar-refractivity contribution in [1.29, 1.82) is 0 Å². The van der Waals surface area contributed by atoms with Crippen LogP contribution in [0.15, 0.2) is 15.8 Å². The highest BCUT2D eigenvalue weighted by Gasteiger charge is 2.45. The molecular weight excluding hydrogens is 330 g/mol. The summed E-state index contributed by atoms with van der Waals surface area (Å²) >= 11 is 0. The van der Waals surface area contributed by atoms with Crippen molar-refractivity contribution >= 4 is 7.82 Å². The molecule has 11 nitrogen and oxygen atoms in total. The zero-order valence-corrected chi connectivity index (χ0v) is 11.6. The van der Waals surface area contributed by atoms with Crippen LogP contribution in [0.3, 0.4) is 0 Å². The van der Waals surface area contributed by atoms with Crippen LogP contribution in [0.5, 0.6) is 0 Å². The number of phosphoric acid groups is 1. The normalized spacial score (nSPS) is 29.0. The third-order valence-electron chi connectivity index (χ3n) is 2.94. The molecule has 1 aliphatic heterocycles. The largest absolute Gasteiger partial charge is 0.469 e. The highest BCUT2D eigenvalue weighted by atomic mass is 31.2. The summed E-state index contributed by atoms with van der Waals surface area (Å²) in [6, 6.07) is 0. The molecule has 0 radical (unpaired) electrons. The van der Waals surface area contributed by atoms with Crippen molar-refractivity contribution in [2.45, 2.75) is 24.5 Å². The minimum atomic E-state index is -4.83. The van der Waals surface area contributed by atoms with Gasteiger partial charge in [-0.3, -0.25) is 18.9 Å². The summed E-state index contributed by atoms with van der Waals surface area (Å²) in [7, 11) is -4.83. The fourth-order valence-corrected chi connectivity index (χ4v) is 2.26. The van der Waals surface area contributed by atoms with E-state index in [0.29, 0.717) is 10.8 Å². The van der Waals surface area contributed by atoms with Crippen LogP contribution in [0.1, 0.15) is 6.23 Å². The maximum Gasteiger partial charge on any atom is 0.469 e. The van der Waals surface area contributed by atoms with Gasteiger partial charge in [-0.25, -0.2) is 9.36 Å². The summed E-state index contributed by atoms with van der Waals surface area (Å²) in [5.74, 6) is -1.32. The van der Waals surface area contributed by atoms with Gasteiger partial charge in [0, 0.05) is 0 Å². The zero-order chi connectivity index (χ0) is 16.7. The zero-order valence-electron chi connectivity index (χ0n) is 10.7. The van der Waals surface area contributed by atoms with Gasteiger partial charge in [-0.15, -0.1) is 0 Å². The van der Waals surface area contributed by atoms with Gasteiger partial charge in [-0.1, -0.05) is 0 Å². The number of halogens is 1. The SMILES string of the molecule is O=c1[nH]c(=O)n([C@H]2O[C@@H](COP(=O)(O)O)C(O)C2O)cc1F. The molecule has 0 saturated carbocycles. The summed E-state index contributed by atoms with van der Waals surface area (Å²) in [6.45, 7) is -0.778. The van der Waals surface area contributed by atoms with Gasteiger partial charge in [-0.2, -0.15) is 4.39 Å². The smallest absolute Gasteiger partial charge is 0.387 e. The minimum absolute atomic E-state index is 0.480. The Labute approximate surface area is 120 Å². The van der Waals surface area contributed by atoms with E-state index in [1.165, 1.54) is 0 Å². The van der Waals surface area contributed by atoms with Crippen LogP contribution in [0.4, 0.5) is 4.39 Å². The van der Waals surface area contributed by atoms with Crippen molar-refractivity contribution < 1.29 is 38.2 Å². The molecule has 1 fully saturated rings. The van der Waals surface area contributed by atoms with Crippen LogP contribution in [-0.2, 0) is 13.8 Å². The van der Waals surface area contributed by atoms with Gasteiger partial charge >= 0.3 is 13.5 Å². The molecule has 1 aliphatic rings. The molecular formula is C9H12FN2O9P. The Morgan fingerprint density at radius 3 is 2.59 bits per heavy atom. The van der Waals surface area contributed by atoms with Crippen LogP contribution in [0.25, 0.3) is 0 Å². The van der Waals surface area contributed by atoms with E-state index in [1.54, 1.807) is 4.98 Å². The highest BCUT2D eigenvalue weighted by molar-refractivity contribution is 7.46. The molecule has 2 unspecified atom stereocenters. The van der Waals surface area contributed by atoms with E-state index in [1.807, 2.05) is 0 Å². The van der Waals surface area contributed by atoms with Gasteiger partial charge in [0.15, 0.2) is 6.23 Å². The lowest BCUT2D eigenvalue weighted by molar-refractivity contribution is -0.0547. The van der Waals surface area contributed by atoms with E-state index in [2.05, 4.69) is 4.52 Å². The second-order valence-corrected chi connectivity index (χ2v) is 5.72. The topological polar surface area (TPSA) is 171 Å². The Morgan fingerprint density at radius 1 is 1.36 bits per heavy atom. The first-order valence-electron chi connectivity index (χ1n) is 5.83. The van der Waals surface area contributed by atoms with Crippen LogP contribution >= 0.6 is 7.82 Å². The molecule has 0 amide bonds. The quantitative estimate of drug-likeness (QED) is 0.368. The van der Waals surface area contributed by atoms with Gasteiger partial charge in [-0.05, 0) is 0 Å². The Morgan fingerprint density at radius 2 is 2.00 bits per heavy atom. The van der Waals surface area contributed by atoms with E-state index in [4.69, 9.17) is 14.5 Å². The number of hydrogen-bond donors (Lipinski definition) is 5. The molecule has 0 spiro atoms. The Bertz CT molecular complexity index is 712. The number of H-pyrrole nitrogens is 1. The fraction of sp³-hybridized carbons (Fsp3) is 0.556. The molecule has 2 heterocycles. The first-order chi connectivity index (χ1) is 10.1. The van der Waals surface area contributed by atoms with Crippen molar-refractivity contribution in [2.24, 2.45) is 0 Å². The van der Waals surface area contributed by atoms with Crippen LogP contribution in [0, 0.1) is 5.82 Å². The number of aromatic amines is 1. The van der Waals surface area contributed by atoms with Crippen LogP contribution in [0.2, 0.25) is 0 Å². The van der Waals surface area contributed by atoms with Gasteiger partial charge in [0.25, 0.3) is 5.56 Å². The number of nitrogens with one attached hydrogen (secondary N) is 1. The third kappa shape index (κ3) is 3.50. The van der Waals surface area contributed by atoms with E-state index in [9.17, 15) is 28.8 Å². The molecule has 4 atom stereocenters. The first-order valence-corrected chi connectivity index (χ1v) is 7.36. The molecule has 0 aromatic carbocycles. The molecule has 0 aliphatic carbocycles. The summed E-state index contributed by atoms with van der Waals surface area (Å²) in [5, 5.41) is 19.5. The molecule has 1 aromatic rings. The Kier molecular flexibility index (Phi) is 4.63. The number of phosphoric ester groups is 1. The van der Waals surface area contributed by atoms with Crippen LogP contribution < -0.4 is 11.2 Å². The summed E-state index contributed by atoms with van der Waals surface area (Å²) < 4.78 is 33.5. The number of aliphatic hydroxyl groups is 2. The molecule has 124 valence electrons. The van der Waals surface area contributed by atoms with Gasteiger partial charge < -0.3 is 24.7 Å². The summed E-state index contributed by atoms with van der Waals surface area (Å²) in [6.07, 6.45) is -5.84. The molecule has 1 aromatic heterocycles. The maximum atomic E-state index is 13.2. The van der Waals surface area contributed by atoms with Gasteiger partial charge in [0.2, 0.25) is 5.82 Å². The van der Waals surface area contributed by atoms with Gasteiger partial charge in [0.05, 0.1) is 12.8 Å². The predicted molar refractivity (Wildman–Crippen MR) is 65.2 cm³/mol.